The molecule has 0 N–H and O–H groups in total. The van der Waals surface area contributed by atoms with E-state index in [2.05, 4.69) is 25.3 Å². The number of aryl methyl sites for hydroxylation is 1. The summed E-state index contributed by atoms with van der Waals surface area (Å²) in [5, 5.41) is 0. The summed E-state index contributed by atoms with van der Waals surface area (Å²) in [4.78, 5) is 11.5. The second-order valence-corrected chi connectivity index (χ2v) is 3.92. The van der Waals surface area contributed by atoms with E-state index in [1.165, 1.54) is 12.8 Å². The van der Waals surface area contributed by atoms with Crippen molar-refractivity contribution in [1.29, 1.82) is 0 Å². The van der Waals surface area contributed by atoms with Gasteiger partial charge >= 0.3 is 5.97 Å². The first-order valence-corrected chi connectivity index (χ1v) is 5.40. The molecule has 0 saturated heterocycles. The maximum absolute atomic E-state index is 11.5. The zero-order chi connectivity index (χ0) is 11.4. The summed E-state index contributed by atoms with van der Waals surface area (Å²) in [5.41, 5.74) is 1.85. The molecular formula is C12H19NO2. The molecule has 0 saturated carbocycles. The second kappa shape index (κ2) is 5.01. The molecule has 0 fully saturated rings. The van der Waals surface area contributed by atoms with Crippen LogP contribution < -0.4 is 0 Å². The van der Waals surface area contributed by atoms with Gasteiger partial charge in [0, 0.05) is 11.7 Å². The first-order valence-electron chi connectivity index (χ1n) is 5.40. The minimum atomic E-state index is -0.258. The average Bonchev–Trinajstić information content (AvgIpc) is 2.61. The van der Waals surface area contributed by atoms with Gasteiger partial charge in [-0.25, -0.2) is 4.79 Å². The van der Waals surface area contributed by atoms with E-state index in [9.17, 15) is 4.79 Å². The van der Waals surface area contributed by atoms with Gasteiger partial charge in [-0.05, 0) is 32.4 Å². The Labute approximate surface area is 91.0 Å². The molecule has 0 aliphatic carbocycles. The van der Waals surface area contributed by atoms with Gasteiger partial charge in [0.05, 0.1) is 7.11 Å². The minimum absolute atomic E-state index is 0.258. The highest BCUT2D eigenvalue weighted by molar-refractivity contribution is 5.87. The molecule has 3 nitrogen and oxygen atoms in total. The summed E-state index contributed by atoms with van der Waals surface area (Å²) in [5.74, 6) is -0.258. The molecule has 0 unspecified atom stereocenters. The summed E-state index contributed by atoms with van der Waals surface area (Å²) in [6.45, 7) is 6.28. The van der Waals surface area contributed by atoms with Gasteiger partial charge in [-0.2, -0.15) is 0 Å². The van der Waals surface area contributed by atoms with Crippen molar-refractivity contribution in [3.8, 4) is 0 Å². The van der Waals surface area contributed by atoms with Gasteiger partial charge in [-0.3, -0.25) is 0 Å². The Hall–Kier alpha value is -1.25. The number of esters is 1. The van der Waals surface area contributed by atoms with Crippen LogP contribution in [0, 0.1) is 0 Å². The molecule has 1 aromatic heterocycles. The summed E-state index contributed by atoms with van der Waals surface area (Å²) in [6.07, 6.45) is 2.08. The van der Waals surface area contributed by atoms with Crippen molar-refractivity contribution in [2.75, 3.05) is 7.11 Å². The van der Waals surface area contributed by atoms with Crippen LogP contribution in [-0.4, -0.2) is 17.6 Å². The molecule has 3 heteroatoms. The van der Waals surface area contributed by atoms with Crippen molar-refractivity contribution >= 4 is 5.97 Å². The monoisotopic (exact) mass is 209 g/mol. The number of carbonyl (C=O) groups is 1. The maximum Gasteiger partial charge on any atom is 0.354 e. The molecule has 0 spiro atoms. The first kappa shape index (κ1) is 11.8. The highest BCUT2D eigenvalue weighted by Gasteiger charge is 2.16. The molecule has 0 aliphatic rings. The molecule has 0 bridgehead atoms. The van der Waals surface area contributed by atoms with E-state index in [4.69, 9.17) is 4.74 Å². The van der Waals surface area contributed by atoms with Crippen LogP contribution in [0.25, 0.3) is 0 Å². The molecule has 1 aromatic rings. The highest BCUT2D eigenvalue weighted by atomic mass is 16.5. The van der Waals surface area contributed by atoms with Crippen molar-refractivity contribution < 1.29 is 9.53 Å². The fourth-order valence-corrected chi connectivity index (χ4v) is 1.83. The predicted octanol–water partition coefficient (Wildman–Crippen LogP) is 2.81. The third-order valence-corrected chi connectivity index (χ3v) is 2.42. The number of rotatable bonds is 4. The van der Waals surface area contributed by atoms with Gasteiger partial charge in [0.25, 0.3) is 0 Å². The number of ether oxygens (including phenoxy) is 1. The van der Waals surface area contributed by atoms with Crippen LogP contribution in [0.1, 0.15) is 49.4 Å². The number of methoxy groups -OCH3 is 1. The van der Waals surface area contributed by atoms with Crippen molar-refractivity contribution in [3.63, 3.8) is 0 Å². The molecule has 84 valence electrons. The first-order chi connectivity index (χ1) is 7.11. The van der Waals surface area contributed by atoms with Crippen LogP contribution in [0.4, 0.5) is 0 Å². The Morgan fingerprint density at radius 3 is 2.60 bits per heavy atom. The molecule has 0 amide bonds. The van der Waals surface area contributed by atoms with Crippen molar-refractivity contribution in [2.45, 2.75) is 39.7 Å². The lowest BCUT2D eigenvalue weighted by atomic mass is 10.2. The number of nitrogens with zero attached hydrogens (tertiary/aromatic N) is 1. The molecule has 15 heavy (non-hydrogen) atoms. The third-order valence-electron chi connectivity index (χ3n) is 2.42. The summed E-state index contributed by atoms with van der Waals surface area (Å²) in [7, 11) is 1.42. The van der Waals surface area contributed by atoms with Crippen LogP contribution in [0.2, 0.25) is 0 Å². The van der Waals surface area contributed by atoms with Crippen LogP contribution in [0.15, 0.2) is 12.1 Å². The Balaban J connectivity index is 3.11. The van der Waals surface area contributed by atoms with E-state index in [1.807, 2.05) is 12.1 Å². The quantitative estimate of drug-likeness (QED) is 0.714. The van der Waals surface area contributed by atoms with Crippen LogP contribution in [0.3, 0.4) is 0 Å². The van der Waals surface area contributed by atoms with Crippen molar-refractivity contribution in [2.24, 2.45) is 0 Å². The Bertz CT molecular complexity index is 339. The van der Waals surface area contributed by atoms with E-state index in [0.29, 0.717) is 5.69 Å². The number of carbonyl (C=O) groups excluding carboxylic acids is 1. The molecule has 0 radical (unpaired) electrons. The van der Waals surface area contributed by atoms with Crippen LogP contribution in [0.5, 0.6) is 0 Å². The summed E-state index contributed by atoms with van der Waals surface area (Å²) < 4.78 is 6.81. The van der Waals surface area contributed by atoms with Gasteiger partial charge < -0.3 is 9.30 Å². The maximum atomic E-state index is 11.5. The molecule has 1 heterocycles. The van der Waals surface area contributed by atoms with Gasteiger partial charge in [-0.15, -0.1) is 0 Å². The molecular weight excluding hydrogens is 190 g/mol. The normalized spacial score (nSPS) is 10.7. The van der Waals surface area contributed by atoms with E-state index >= 15 is 0 Å². The van der Waals surface area contributed by atoms with Gasteiger partial charge in [0.2, 0.25) is 0 Å². The third kappa shape index (κ3) is 2.41. The predicted molar refractivity (Wildman–Crippen MR) is 60.2 cm³/mol. The summed E-state index contributed by atoms with van der Waals surface area (Å²) in [6, 6.07) is 4.14. The van der Waals surface area contributed by atoms with E-state index in [1.54, 1.807) is 0 Å². The van der Waals surface area contributed by atoms with Gasteiger partial charge in [0.1, 0.15) is 5.69 Å². The number of hydrogen-bond donors (Lipinski definition) is 0. The Kier molecular flexibility index (Phi) is 3.95. The van der Waals surface area contributed by atoms with Gasteiger partial charge in [-0.1, -0.05) is 13.3 Å². The highest BCUT2D eigenvalue weighted by Crippen LogP contribution is 2.18. The average molecular weight is 209 g/mol. The zero-order valence-corrected chi connectivity index (χ0v) is 9.91. The largest absolute Gasteiger partial charge is 0.464 e. The van der Waals surface area contributed by atoms with E-state index in [-0.39, 0.29) is 12.0 Å². The lowest BCUT2D eigenvalue weighted by Gasteiger charge is -2.15. The number of aromatic nitrogens is 1. The minimum Gasteiger partial charge on any atom is -0.464 e. The topological polar surface area (TPSA) is 31.2 Å². The molecule has 0 aromatic carbocycles. The fraction of sp³-hybridized carbons (Fsp3) is 0.583. The summed E-state index contributed by atoms with van der Waals surface area (Å²) >= 11 is 0. The fourth-order valence-electron chi connectivity index (χ4n) is 1.83. The lowest BCUT2D eigenvalue weighted by Crippen LogP contribution is -2.14. The standard InChI is InChI=1S/C12H19NO2/c1-5-6-10-7-8-11(12(14)15-4)13(10)9(2)3/h7-9H,5-6H2,1-4H3. The van der Waals surface area contributed by atoms with Gasteiger partial charge in [0.15, 0.2) is 0 Å². The van der Waals surface area contributed by atoms with Crippen LogP contribution >= 0.6 is 0 Å². The van der Waals surface area contributed by atoms with Crippen molar-refractivity contribution in [3.05, 3.63) is 23.5 Å². The Morgan fingerprint density at radius 1 is 1.47 bits per heavy atom. The van der Waals surface area contributed by atoms with Crippen LogP contribution in [-0.2, 0) is 11.2 Å². The molecule has 0 atom stereocenters. The van der Waals surface area contributed by atoms with Crippen molar-refractivity contribution in [1.82, 2.24) is 4.57 Å². The van der Waals surface area contributed by atoms with E-state index < -0.39 is 0 Å². The Morgan fingerprint density at radius 2 is 2.13 bits per heavy atom. The zero-order valence-electron chi connectivity index (χ0n) is 9.91. The lowest BCUT2D eigenvalue weighted by molar-refractivity contribution is 0.0586. The second-order valence-electron chi connectivity index (χ2n) is 3.92. The number of hydrogen-bond acceptors (Lipinski definition) is 2. The van der Waals surface area contributed by atoms with E-state index in [0.717, 1.165) is 12.8 Å². The smallest absolute Gasteiger partial charge is 0.354 e. The molecule has 0 aliphatic heterocycles. The SMILES string of the molecule is CCCc1ccc(C(=O)OC)n1C(C)C. The molecule has 1 rings (SSSR count).